The Kier molecular flexibility index (Phi) is 3.95. The molecule has 0 spiro atoms. The van der Waals surface area contributed by atoms with E-state index in [1.165, 1.54) is 30.3 Å². The molecule has 0 aliphatic heterocycles. The Morgan fingerprint density at radius 3 is 2.19 bits per heavy atom. The average Bonchev–Trinajstić information content (AvgIpc) is 2.45. The Labute approximate surface area is 117 Å². The van der Waals surface area contributed by atoms with Gasteiger partial charge >= 0.3 is 6.18 Å². The Bertz CT molecular complexity index is 666. The van der Waals surface area contributed by atoms with E-state index in [9.17, 15) is 28.4 Å². The smallest absolute Gasteiger partial charge is 0.392 e. The molecular formula is C14H10F3NO3. The number of hydrogen-bond donors (Lipinski definition) is 1. The minimum Gasteiger partial charge on any atom is -0.392 e. The van der Waals surface area contributed by atoms with Crippen molar-refractivity contribution >= 4 is 5.69 Å². The zero-order valence-corrected chi connectivity index (χ0v) is 10.6. The van der Waals surface area contributed by atoms with Crippen LogP contribution in [0.15, 0.2) is 42.5 Å². The number of rotatable bonds is 3. The standard InChI is InChI=1S/C14H10F3NO3/c15-14(16,17)11-3-1-9(2-4-11)13-6-5-12(18(20)21)7-10(13)8-19/h1-7,19H,8H2. The predicted octanol–water partition coefficient (Wildman–Crippen LogP) is 3.77. The summed E-state index contributed by atoms with van der Waals surface area (Å²) in [5, 5.41) is 19.9. The van der Waals surface area contributed by atoms with E-state index >= 15 is 0 Å². The monoisotopic (exact) mass is 297 g/mol. The van der Waals surface area contributed by atoms with Crippen molar-refractivity contribution in [2.45, 2.75) is 12.8 Å². The van der Waals surface area contributed by atoms with Crippen LogP contribution in [0.5, 0.6) is 0 Å². The highest BCUT2D eigenvalue weighted by atomic mass is 19.4. The summed E-state index contributed by atoms with van der Waals surface area (Å²) in [6.07, 6.45) is -4.42. The molecule has 21 heavy (non-hydrogen) atoms. The van der Waals surface area contributed by atoms with Gasteiger partial charge in [-0.3, -0.25) is 10.1 Å². The molecule has 0 aliphatic carbocycles. The summed E-state index contributed by atoms with van der Waals surface area (Å²) in [6.45, 7) is -0.446. The van der Waals surface area contributed by atoms with E-state index in [-0.39, 0.29) is 11.3 Å². The van der Waals surface area contributed by atoms with Gasteiger partial charge in [0.2, 0.25) is 0 Å². The summed E-state index contributed by atoms with van der Waals surface area (Å²) >= 11 is 0. The second-order valence-corrected chi connectivity index (χ2v) is 4.33. The van der Waals surface area contributed by atoms with Crippen molar-refractivity contribution < 1.29 is 23.2 Å². The van der Waals surface area contributed by atoms with Crippen LogP contribution in [0.3, 0.4) is 0 Å². The molecule has 2 rings (SSSR count). The van der Waals surface area contributed by atoms with Crippen LogP contribution in [0.1, 0.15) is 11.1 Å². The highest BCUT2D eigenvalue weighted by Gasteiger charge is 2.30. The van der Waals surface area contributed by atoms with Gasteiger partial charge < -0.3 is 5.11 Å². The molecule has 0 aliphatic rings. The minimum atomic E-state index is -4.42. The van der Waals surface area contributed by atoms with E-state index in [1.54, 1.807) is 0 Å². The molecule has 0 bridgehead atoms. The van der Waals surface area contributed by atoms with Crippen molar-refractivity contribution in [2.24, 2.45) is 0 Å². The molecule has 7 heteroatoms. The maximum atomic E-state index is 12.5. The van der Waals surface area contributed by atoms with E-state index < -0.39 is 23.3 Å². The van der Waals surface area contributed by atoms with Crippen molar-refractivity contribution in [1.82, 2.24) is 0 Å². The fourth-order valence-electron chi connectivity index (χ4n) is 1.94. The van der Waals surface area contributed by atoms with Gasteiger partial charge in [-0.2, -0.15) is 13.2 Å². The molecule has 0 saturated carbocycles. The predicted molar refractivity (Wildman–Crippen MR) is 69.5 cm³/mol. The second-order valence-electron chi connectivity index (χ2n) is 4.33. The maximum Gasteiger partial charge on any atom is 0.416 e. The largest absolute Gasteiger partial charge is 0.416 e. The van der Waals surface area contributed by atoms with Crippen molar-refractivity contribution in [3.63, 3.8) is 0 Å². The van der Waals surface area contributed by atoms with Crippen LogP contribution >= 0.6 is 0 Å². The molecule has 0 atom stereocenters. The molecule has 0 radical (unpaired) electrons. The van der Waals surface area contributed by atoms with E-state index in [1.807, 2.05) is 0 Å². The van der Waals surface area contributed by atoms with Crippen LogP contribution in [0.4, 0.5) is 18.9 Å². The number of nitro groups is 1. The SMILES string of the molecule is O=[N+]([O-])c1ccc(-c2ccc(C(F)(F)F)cc2)c(CO)c1. The van der Waals surface area contributed by atoms with E-state index in [0.717, 1.165) is 12.1 Å². The molecule has 0 fully saturated rings. The molecule has 4 nitrogen and oxygen atoms in total. The van der Waals surface area contributed by atoms with Crippen molar-refractivity contribution in [1.29, 1.82) is 0 Å². The van der Waals surface area contributed by atoms with E-state index in [4.69, 9.17) is 0 Å². The van der Waals surface area contributed by atoms with Gasteiger partial charge in [-0.05, 0) is 34.9 Å². The summed E-state index contributed by atoms with van der Waals surface area (Å²) in [5.41, 5.74) is 0.219. The number of halogens is 3. The quantitative estimate of drug-likeness (QED) is 0.692. The van der Waals surface area contributed by atoms with Crippen LogP contribution in [0.2, 0.25) is 0 Å². The van der Waals surface area contributed by atoms with Crippen LogP contribution in [-0.2, 0) is 12.8 Å². The second kappa shape index (κ2) is 5.53. The van der Waals surface area contributed by atoms with Gasteiger partial charge in [0.15, 0.2) is 0 Å². The van der Waals surface area contributed by atoms with Gasteiger partial charge in [0, 0.05) is 12.1 Å². The highest BCUT2D eigenvalue weighted by Crippen LogP contribution is 2.32. The minimum absolute atomic E-state index is 0.185. The van der Waals surface area contributed by atoms with Gasteiger partial charge in [-0.1, -0.05) is 12.1 Å². The van der Waals surface area contributed by atoms with E-state index in [2.05, 4.69) is 0 Å². The molecule has 0 aromatic heterocycles. The number of aliphatic hydroxyl groups is 1. The van der Waals surface area contributed by atoms with Gasteiger partial charge in [-0.15, -0.1) is 0 Å². The first-order valence-corrected chi connectivity index (χ1v) is 5.88. The van der Waals surface area contributed by atoms with Crippen LogP contribution in [-0.4, -0.2) is 10.0 Å². The third-order valence-corrected chi connectivity index (χ3v) is 2.99. The third kappa shape index (κ3) is 3.19. The first kappa shape index (κ1) is 15.0. The number of aliphatic hydroxyl groups excluding tert-OH is 1. The highest BCUT2D eigenvalue weighted by molar-refractivity contribution is 5.69. The molecule has 0 unspecified atom stereocenters. The van der Waals surface area contributed by atoms with Crippen molar-refractivity contribution in [3.05, 3.63) is 63.7 Å². The first-order chi connectivity index (χ1) is 9.82. The normalized spacial score (nSPS) is 11.4. The molecular weight excluding hydrogens is 287 g/mol. The number of nitro benzene ring substituents is 1. The maximum absolute atomic E-state index is 12.5. The lowest BCUT2D eigenvalue weighted by Gasteiger charge is -2.10. The van der Waals surface area contributed by atoms with Gasteiger partial charge in [0.1, 0.15) is 0 Å². The summed E-state index contributed by atoms with van der Waals surface area (Å²) < 4.78 is 37.5. The van der Waals surface area contributed by atoms with E-state index in [0.29, 0.717) is 11.1 Å². The summed E-state index contributed by atoms with van der Waals surface area (Å²) in [7, 11) is 0. The number of benzene rings is 2. The zero-order chi connectivity index (χ0) is 15.6. The van der Waals surface area contributed by atoms with Crippen LogP contribution < -0.4 is 0 Å². The average molecular weight is 297 g/mol. The molecule has 0 saturated heterocycles. The molecule has 0 heterocycles. The fraction of sp³-hybridized carbons (Fsp3) is 0.143. The molecule has 2 aromatic carbocycles. The number of nitrogens with zero attached hydrogens (tertiary/aromatic N) is 1. The number of hydrogen-bond acceptors (Lipinski definition) is 3. The lowest BCUT2D eigenvalue weighted by Crippen LogP contribution is -2.04. The molecule has 2 aromatic rings. The van der Waals surface area contributed by atoms with Crippen molar-refractivity contribution in [2.75, 3.05) is 0 Å². The Hall–Kier alpha value is -2.41. The number of alkyl halides is 3. The Morgan fingerprint density at radius 1 is 1.10 bits per heavy atom. The fourth-order valence-corrected chi connectivity index (χ4v) is 1.94. The Morgan fingerprint density at radius 2 is 1.71 bits per heavy atom. The topological polar surface area (TPSA) is 63.4 Å². The summed E-state index contributed by atoms with van der Waals surface area (Å²) in [5.74, 6) is 0. The molecule has 1 N–H and O–H groups in total. The van der Waals surface area contributed by atoms with Crippen LogP contribution in [0.25, 0.3) is 11.1 Å². The lowest BCUT2D eigenvalue weighted by molar-refractivity contribution is -0.384. The van der Waals surface area contributed by atoms with Gasteiger partial charge in [0.05, 0.1) is 17.1 Å². The van der Waals surface area contributed by atoms with Gasteiger partial charge in [-0.25, -0.2) is 0 Å². The zero-order valence-electron chi connectivity index (χ0n) is 10.6. The molecule has 110 valence electrons. The number of non-ortho nitro benzene ring substituents is 1. The Balaban J connectivity index is 2.44. The van der Waals surface area contributed by atoms with Crippen LogP contribution in [0, 0.1) is 10.1 Å². The molecule has 0 amide bonds. The summed E-state index contributed by atoms with van der Waals surface area (Å²) in [4.78, 5) is 10.1. The first-order valence-electron chi connectivity index (χ1n) is 5.88. The summed E-state index contributed by atoms with van der Waals surface area (Å²) in [6, 6.07) is 8.24. The van der Waals surface area contributed by atoms with Crippen molar-refractivity contribution in [3.8, 4) is 11.1 Å². The lowest BCUT2D eigenvalue weighted by atomic mass is 9.98. The van der Waals surface area contributed by atoms with Gasteiger partial charge in [0.25, 0.3) is 5.69 Å². The third-order valence-electron chi connectivity index (χ3n) is 2.99.